The van der Waals surface area contributed by atoms with Crippen molar-refractivity contribution in [2.75, 3.05) is 20.2 Å². The fraction of sp³-hybridized carbons (Fsp3) is 0.389. The number of nitrogens with zero attached hydrogens (tertiary/aromatic N) is 1. The number of piperidine rings is 1. The molecule has 1 unspecified atom stereocenters. The van der Waals surface area contributed by atoms with E-state index in [0.717, 1.165) is 16.9 Å². The van der Waals surface area contributed by atoms with E-state index in [2.05, 4.69) is 0 Å². The Kier molecular flexibility index (Phi) is 5.72. The predicted molar refractivity (Wildman–Crippen MR) is 103 cm³/mol. The highest BCUT2D eigenvalue weighted by atomic mass is 35.5. The minimum Gasteiger partial charge on any atom is -0.497 e. The second-order valence-electron chi connectivity index (χ2n) is 6.31. The zero-order valence-electron chi connectivity index (χ0n) is 14.6. The van der Waals surface area contributed by atoms with Gasteiger partial charge in [-0.15, -0.1) is 11.3 Å². The van der Waals surface area contributed by atoms with Gasteiger partial charge in [-0.1, -0.05) is 11.6 Å². The first-order chi connectivity index (χ1) is 12.3. The number of hydrogen-bond acceptors (Lipinski definition) is 5. The summed E-state index contributed by atoms with van der Waals surface area (Å²) in [7, 11) is -2.04. The van der Waals surface area contributed by atoms with Crippen molar-refractivity contribution in [3.05, 3.63) is 45.8 Å². The van der Waals surface area contributed by atoms with Crippen LogP contribution in [0, 0.1) is 12.8 Å². The summed E-state index contributed by atoms with van der Waals surface area (Å²) in [5.41, 5.74) is 1.45. The lowest BCUT2D eigenvalue weighted by molar-refractivity contribution is 0.0872. The van der Waals surface area contributed by atoms with Crippen LogP contribution < -0.4 is 4.74 Å². The molecule has 0 bridgehead atoms. The fourth-order valence-electron chi connectivity index (χ4n) is 3.20. The molecule has 0 radical (unpaired) electrons. The highest BCUT2D eigenvalue weighted by molar-refractivity contribution is 7.91. The van der Waals surface area contributed by atoms with Crippen LogP contribution in [0.4, 0.5) is 0 Å². The highest BCUT2D eigenvalue weighted by Crippen LogP contribution is 2.32. The number of hydrogen-bond donors (Lipinski definition) is 0. The second-order valence-corrected chi connectivity index (χ2v) is 10.2. The number of carbonyl (C=O) groups excluding carboxylic acids is 1. The molecule has 2 aromatic rings. The molecule has 1 aromatic heterocycles. The Morgan fingerprint density at radius 1 is 1.31 bits per heavy atom. The van der Waals surface area contributed by atoms with E-state index in [1.165, 1.54) is 10.4 Å². The van der Waals surface area contributed by atoms with E-state index >= 15 is 0 Å². The Morgan fingerprint density at radius 3 is 2.69 bits per heavy atom. The van der Waals surface area contributed by atoms with Crippen molar-refractivity contribution in [3.8, 4) is 5.75 Å². The number of carbonyl (C=O) groups is 1. The molecular formula is C18H20ClNO4S2. The zero-order chi connectivity index (χ0) is 18.9. The van der Waals surface area contributed by atoms with Gasteiger partial charge >= 0.3 is 0 Å². The van der Waals surface area contributed by atoms with Gasteiger partial charge in [0.15, 0.2) is 5.78 Å². The number of Topliss-reactive ketones (excluding diaryl/α,β-unsaturated/α-hetero) is 1. The lowest BCUT2D eigenvalue weighted by Crippen LogP contribution is -2.42. The van der Waals surface area contributed by atoms with Crippen molar-refractivity contribution in [3.63, 3.8) is 0 Å². The topological polar surface area (TPSA) is 63.7 Å². The van der Waals surface area contributed by atoms with Crippen molar-refractivity contribution < 1.29 is 17.9 Å². The maximum absolute atomic E-state index is 13.0. The van der Waals surface area contributed by atoms with Gasteiger partial charge in [0, 0.05) is 24.6 Å². The number of sulfonamides is 1. The van der Waals surface area contributed by atoms with Gasteiger partial charge in [-0.25, -0.2) is 8.42 Å². The van der Waals surface area contributed by atoms with Crippen LogP contribution in [0.2, 0.25) is 4.34 Å². The van der Waals surface area contributed by atoms with Crippen LogP contribution in [0.3, 0.4) is 0 Å². The minimum absolute atomic E-state index is 0.0192. The van der Waals surface area contributed by atoms with Gasteiger partial charge in [0.05, 0.1) is 11.4 Å². The number of benzene rings is 1. The summed E-state index contributed by atoms with van der Waals surface area (Å²) in [6.45, 7) is 2.48. The molecular weight excluding hydrogens is 394 g/mol. The van der Waals surface area contributed by atoms with Crippen molar-refractivity contribution in [1.82, 2.24) is 4.31 Å². The van der Waals surface area contributed by atoms with E-state index in [0.29, 0.717) is 35.0 Å². The number of thiophene rings is 1. The Hall–Kier alpha value is -1.41. The minimum atomic E-state index is -3.62. The van der Waals surface area contributed by atoms with Crippen molar-refractivity contribution in [2.24, 2.45) is 5.92 Å². The van der Waals surface area contributed by atoms with E-state index < -0.39 is 10.0 Å². The molecule has 1 aromatic carbocycles. The SMILES string of the molecule is COc1ccc(C(=O)C2CCCN(S(=O)(=O)c3ccc(Cl)s3)C2)c(C)c1. The van der Waals surface area contributed by atoms with Gasteiger partial charge < -0.3 is 4.74 Å². The molecule has 0 N–H and O–H groups in total. The van der Waals surface area contributed by atoms with Crippen LogP contribution in [0.1, 0.15) is 28.8 Å². The van der Waals surface area contributed by atoms with Crippen LogP contribution in [0.15, 0.2) is 34.5 Å². The molecule has 2 heterocycles. The summed E-state index contributed by atoms with van der Waals surface area (Å²) < 4.78 is 32.8. The third-order valence-corrected chi connectivity index (χ3v) is 8.16. The number of rotatable bonds is 5. The molecule has 1 aliphatic heterocycles. The lowest BCUT2D eigenvalue weighted by Gasteiger charge is -2.31. The summed E-state index contributed by atoms with van der Waals surface area (Å²) >= 11 is 6.92. The number of ketones is 1. The van der Waals surface area contributed by atoms with Crippen molar-refractivity contribution in [1.29, 1.82) is 0 Å². The number of aryl methyl sites for hydroxylation is 1. The Balaban J connectivity index is 1.81. The fourth-order valence-corrected chi connectivity index (χ4v) is 6.36. The molecule has 0 aliphatic carbocycles. The molecule has 8 heteroatoms. The van der Waals surface area contributed by atoms with Crippen LogP contribution in [-0.4, -0.2) is 38.7 Å². The van der Waals surface area contributed by atoms with Crippen LogP contribution in [0.5, 0.6) is 5.75 Å². The van der Waals surface area contributed by atoms with Gasteiger partial charge in [-0.3, -0.25) is 4.79 Å². The number of methoxy groups -OCH3 is 1. The molecule has 0 spiro atoms. The monoisotopic (exact) mass is 413 g/mol. The largest absolute Gasteiger partial charge is 0.497 e. The molecule has 1 atom stereocenters. The summed E-state index contributed by atoms with van der Waals surface area (Å²) in [5, 5.41) is 0. The van der Waals surface area contributed by atoms with Crippen LogP contribution >= 0.6 is 22.9 Å². The molecule has 0 saturated carbocycles. The maximum Gasteiger partial charge on any atom is 0.252 e. The first kappa shape index (κ1) is 19.4. The molecule has 1 saturated heterocycles. The Bertz CT molecular complexity index is 923. The molecule has 140 valence electrons. The van der Waals surface area contributed by atoms with E-state index in [1.54, 1.807) is 25.3 Å². The Morgan fingerprint density at radius 2 is 2.08 bits per heavy atom. The quantitative estimate of drug-likeness (QED) is 0.695. The standard InChI is InChI=1S/C18H20ClNO4S2/c1-12-10-14(24-2)5-6-15(12)18(21)13-4-3-9-20(11-13)26(22,23)17-8-7-16(19)25-17/h5-8,10,13H,3-4,9,11H2,1-2H3. The maximum atomic E-state index is 13.0. The Labute approximate surface area is 162 Å². The van der Waals surface area contributed by atoms with E-state index in [-0.39, 0.29) is 22.5 Å². The van der Waals surface area contributed by atoms with Crippen LogP contribution in [-0.2, 0) is 10.0 Å². The summed E-state index contributed by atoms with van der Waals surface area (Å²) in [4.78, 5) is 13.0. The molecule has 1 fully saturated rings. The second kappa shape index (κ2) is 7.68. The average Bonchev–Trinajstić information content (AvgIpc) is 3.08. The summed E-state index contributed by atoms with van der Waals surface area (Å²) in [5.74, 6) is 0.330. The summed E-state index contributed by atoms with van der Waals surface area (Å²) in [6.07, 6.45) is 1.34. The van der Waals surface area contributed by atoms with Gasteiger partial charge in [-0.05, 0) is 55.7 Å². The van der Waals surface area contributed by atoms with Gasteiger partial charge in [-0.2, -0.15) is 4.31 Å². The third kappa shape index (κ3) is 3.81. The molecule has 26 heavy (non-hydrogen) atoms. The van der Waals surface area contributed by atoms with Crippen molar-refractivity contribution >= 4 is 38.7 Å². The molecule has 1 aliphatic rings. The number of ether oxygens (including phenoxy) is 1. The van der Waals surface area contributed by atoms with Crippen LogP contribution in [0.25, 0.3) is 0 Å². The van der Waals surface area contributed by atoms with E-state index in [9.17, 15) is 13.2 Å². The number of halogens is 1. The van der Waals surface area contributed by atoms with E-state index in [1.807, 2.05) is 13.0 Å². The van der Waals surface area contributed by atoms with Crippen molar-refractivity contribution in [2.45, 2.75) is 24.0 Å². The predicted octanol–water partition coefficient (Wildman–Crippen LogP) is 4.00. The zero-order valence-corrected chi connectivity index (χ0v) is 17.0. The van der Waals surface area contributed by atoms with Gasteiger partial charge in [0.2, 0.25) is 0 Å². The molecule has 3 rings (SSSR count). The van der Waals surface area contributed by atoms with E-state index in [4.69, 9.17) is 16.3 Å². The highest BCUT2D eigenvalue weighted by Gasteiger charge is 2.34. The summed E-state index contributed by atoms with van der Waals surface area (Å²) in [6, 6.07) is 8.42. The first-order valence-corrected chi connectivity index (χ1v) is 10.9. The average molecular weight is 414 g/mol. The molecule has 5 nitrogen and oxygen atoms in total. The van der Waals surface area contributed by atoms with Gasteiger partial charge in [0.1, 0.15) is 9.96 Å². The molecule has 0 amide bonds. The third-order valence-electron chi connectivity index (χ3n) is 4.60. The first-order valence-electron chi connectivity index (χ1n) is 8.27. The van der Waals surface area contributed by atoms with Gasteiger partial charge in [0.25, 0.3) is 10.0 Å². The smallest absolute Gasteiger partial charge is 0.252 e. The normalized spacial score (nSPS) is 18.7. The lowest BCUT2D eigenvalue weighted by atomic mass is 9.89.